The monoisotopic (exact) mass is 643 g/mol. The van der Waals surface area contributed by atoms with Crippen LogP contribution < -0.4 is 16.2 Å². The molecule has 45 heavy (non-hydrogen) atoms. The quantitative estimate of drug-likeness (QED) is 0.0548. The van der Waals surface area contributed by atoms with Gasteiger partial charge in [0, 0.05) is 19.4 Å². The molecule has 0 aromatic rings. The highest BCUT2D eigenvalue weighted by molar-refractivity contribution is 5.69. The molecule has 0 heterocycles. The lowest BCUT2D eigenvalue weighted by Gasteiger charge is -2.06. The average molecular weight is 643 g/mol. The average Bonchev–Trinajstić information content (AvgIpc) is 3.02. The molecule has 0 unspecified atom stereocenters. The molecule has 0 spiro atoms. The second-order valence-corrected chi connectivity index (χ2v) is 12.5. The van der Waals surface area contributed by atoms with Crippen molar-refractivity contribution < 1.29 is 34.7 Å². The third-order valence-corrected chi connectivity index (χ3v) is 7.98. The number of carboxylic acid groups (broad SMARTS) is 1. The maximum atomic E-state index is 11.5. The minimum Gasteiger partial charge on any atom is -0.530 e. The molecular weight excluding hydrogens is 568 g/mol. The number of carbonyl (C=O) groups excluding carboxylic acids is 3. The van der Waals surface area contributed by atoms with Crippen molar-refractivity contribution in [1.29, 1.82) is 0 Å². The lowest BCUT2D eigenvalue weighted by Crippen LogP contribution is -2.50. The van der Waals surface area contributed by atoms with E-state index in [4.69, 9.17) is 9.47 Å². The molecule has 0 aromatic carbocycles. The fourth-order valence-corrected chi connectivity index (χ4v) is 5.08. The summed E-state index contributed by atoms with van der Waals surface area (Å²) in [4.78, 5) is 33.1. The number of unbranched alkanes of at least 4 members (excludes halogenated alkanes) is 22. The molecular formula is C37H74N2O6. The van der Waals surface area contributed by atoms with Crippen LogP contribution in [0.3, 0.4) is 0 Å². The summed E-state index contributed by atoms with van der Waals surface area (Å²) in [5, 5.41) is 12.4. The molecule has 8 heteroatoms. The molecule has 0 saturated carbocycles. The van der Waals surface area contributed by atoms with E-state index in [0.29, 0.717) is 32.6 Å². The van der Waals surface area contributed by atoms with Crippen molar-refractivity contribution in [3.8, 4) is 0 Å². The van der Waals surface area contributed by atoms with Gasteiger partial charge in [0.05, 0.1) is 19.8 Å². The van der Waals surface area contributed by atoms with Gasteiger partial charge in [-0.3, -0.25) is 9.59 Å². The second kappa shape index (κ2) is 40.2. The molecule has 0 saturated heterocycles. The van der Waals surface area contributed by atoms with Crippen molar-refractivity contribution in [2.75, 3.05) is 26.3 Å². The van der Waals surface area contributed by atoms with Gasteiger partial charge in [0.2, 0.25) is 0 Å². The standard InChI is InChI=1S/C19H37NO4.C18H37NO2/c1-2-3-4-5-6-7-8-11-14-17-24-18(21)15-12-9-10-13-16-20-19(22)23;1-2-3-4-5-6-7-8-11-14-17-21-18(20)15-12-9-10-13-16-19/h20H,2-17H2,1H3,(H,22,23);2-17,19H2,1H3. The number of hydrogen-bond acceptors (Lipinski definition) is 6. The van der Waals surface area contributed by atoms with Gasteiger partial charge in [-0.05, 0) is 44.9 Å². The molecule has 268 valence electrons. The Balaban J connectivity index is 0. The summed E-state index contributed by atoms with van der Waals surface area (Å²) in [5.41, 5.74) is 3.82. The normalized spacial score (nSPS) is 10.6. The maximum absolute atomic E-state index is 11.5. The van der Waals surface area contributed by atoms with Gasteiger partial charge in [0.25, 0.3) is 0 Å². The summed E-state index contributed by atoms with van der Waals surface area (Å²) >= 11 is 0. The fourth-order valence-electron chi connectivity index (χ4n) is 5.08. The van der Waals surface area contributed by atoms with E-state index in [0.717, 1.165) is 64.3 Å². The van der Waals surface area contributed by atoms with Gasteiger partial charge in [-0.1, -0.05) is 136 Å². The Morgan fingerprint density at radius 2 is 0.822 bits per heavy atom. The summed E-state index contributed by atoms with van der Waals surface area (Å²) in [5.74, 6) is -0.119. The van der Waals surface area contributed by atoms with Gasteiger partial charge < -0.3 is 30.4 Å². The molecule has 0 aliphatic carbocycles. The van der Waals surface area contributed by atoms with Crippen molar-refractivity contribution in [1.82, 2.24) is 5.32 Å². The second-order valence-electron chi connectivity index (χ2n) is 12.5. The number of quaternary nitrogens is 1. The summed E-state index contributed by atoms with van der Waals surface area (Å²) in [7, 11) is 0. The van der Waals surface area contributed by atoms with Crippen molar-refractivity contribution in [3.63, 3.8) is 0 Å². The first-order chi connectivity index (χ1) is 22.0. The number of carbonyl (C=O) groups is 3. The van der Waals surface area contributed by atoms with E-state index in [1.54, 1.807) is 0 Å². The molecule has 0 bridgehead atoms. The SMILES string of the molecule is CCCCCCCCCCCOC(=O)CCCCCCNC(=O)[O-].CCCCCCCCCCCOC(=O)CCCCCC[NH3+]. The third-order valence-electron chi connectivity index (χ3n) is 7.98. The molecule has 8 nitrogen and oxygen atoms in total. The number of ether oxygens (including phenoxy) is 2. The lowest BCUT2D eigenvalue weighted by molar-refractivity contribution is -0.368. The van der Waals surface area contributed by atoms with Gasteiger partial charge in [0.1, 0.15) is 6.09 Å². The molecule has 0 fully saturated rings. The molecule has 1 amide bonds. The molecule has 0 aliphatic rings. The molecule has 0 atom stereocenters. The van der Waals surface area contributed by atoms with Gasteiger partial charge >= 0.3 is 11.9 Å². The predicted molar refractivity (Wildman–Crippen MR) is 184 cm³/mol. The molecule has 0 aromatic heterocycles. The highest BCUT2D eigenvalue weighted by Gasteiger charge is 2.03. The highest BCUT2D eigenvalue weighted by Crippen LogP contribution is 2.11. The summed E-state index contributed by atoms with van der Waals surface area (Å²) in [6.07, 6.45) is 30.7. The first kappa shape index (κ1) is 45.3. The van der Waals surface area contributed by atoms with Crippen molar-refractivity contribution in [3.05, 3.63) is 0 Å². The van der Waals surface area contributed by atoms with Crippen LogP contribution in [0.25, 0.3) is 0 Å². The Hall–Kier alpha value is -1.83. The first-order valence-electron chi connectivity index (χ1n) is 19.0. The van der Waals surface area contributed by atoms with E-state index in [1.807, 2.05) is 0 Å². The third kappa shape index (κ3) is 44.4. The van der Waals surface area contributed by atoms with Crippen LogP contribution in [-0.4, -0.2) is 44.3 Å². The minimum atomic E-state index is -1.23. The van der Waals surface area contributed by atoms with E-state index in [9.17, 15) is 19.5 Å². The predicted octanol–water partition coefficient (Wildman–Crippen LogP) is 8.20. The van der Waals surface area contributed by atoms with Crippen molar-refractivity contribution in [2.45, 2.75) is 194 Å². The van der Waals surface area contributed by atoms with Crippen LogP contribution in [0.1, 0.15) is 194 Å². The number of esters is 2. The van der Waals surface area contributed by atoms with Crippen LogP contribution in [-0.2, 0) is 19.1 Å². The fraction of sp³-hybridized carbons (Fsp3) is 0.919. The topological polar surface area (TPSA) is 132 Å². The van der Waals surface area contributed by atoms with E-state index < -0.39 is 6.09 Å². The van der Waals surface area contributed by atoms with E-state index in [2.05, 4.69) is 24.9 Å². The summed E-state index contributed by atoms with van der Waals surface area (Å²) < 4.78 is 10.5. The number of amides is 1. The molecule has 0 aliphatic heterocycles. The van der Waals surface area contributed by atoms with Crippen LogP contribution in [0.4, 0.5) is 4.79 Å². The van der Waals surface area contributed by atoms with Crippen LogP contribution in [0.2, 0.25) is 0 Å². The molecule has 0 radical (unpaired) electrons. The zero-order valence-electron chi connectivity index (χ0n) is 29.8. The zero-order chi connectivity index (χ0) is 33.5. The van der Waals surface area contributed by atoms with E-state index in [1.165, 1.54) is 109 Å². The molecule has 4 N–H and O–H groups in total. The van der Waals surface area contributed by atoms with Gasteiger partial charge in [-0.2, -0.15) is 0 Å². The first-order valence-corrected chi connectivity index (χ1v) is 19.0. The summed E-state index contributed by atoms with van der Waals surface area (Å²) in [6, 6.07) is 0. The maximum Gasteiger partial charge on any atom is 0.305 e. The Kier molecular flexibility index (Phi) is 40.5. The van der Waals surface area contributed by atoms with Crippen LogP contribution in [0.5, 0.6) is 0 Å². The van der Waals surface area contributed by atoms with Crippen molar-refractivity contribution in [2.24, 2.45) is 0 Å². The Labute approximate surface area is 277 Å². The van der Waals surface area contributed by atoms with E-state index in [-0.39, 0.29) is 11.9 Å². The van der Waals surface area contributed by atoms with Gasteiger partial charge in [-0.15, -0.1) is 0 Å². The summed E-state index contributed by atoms with van der Waals surface area (Å²) in [6.45, 7) is 7.08. The van der Waals surface area contributed by atoms with Crippen LogP contribution in [0, 0.1) is 0 Å². The van der Waals surface area contributed by atoms with Crippen LogP contribution >= 0.6 is 0 Å². The highest BCUT2D eigenvalue weighted by atomic mass is 16.5. The number of hydrogen-bond donors (Lipinski definition) is 2. The van der Waals surface area contributed by atoms with Crippen LogP contribution in [0.15, 0.2) is 0 Å². The largest absolute Gasteiger partial charge is 0.530 e. The number of nitrogens with one attached hydrogen (secondary N) is 1. The minimum absolute atomic E-state index is 0.0100. The number of rotatable bonds is 33. The Morgan fingerprint density at radius 3 is 1.20 bits per heavy atom. The van der Waals surface area contributed by atoms with Gasteiger partial charge in [0.15, 0.2) is 0 Å². The zero-order valence-corrected chi connectivity index (χ0v) is 29.8. The smallest absolute Gasteiger partial charge is 0.305 e. The Bertz CT molecular complexity index is 632. The lowest BCUT2D eigenvalue weighted by atomic mass is 10.1. The van der Waals surface area contributed by atoms with Gasteiger partial charge in [-0.25, -0.2) is 0 Å². The van der Waals surface area contributed by atoms with Crippen molar-refractivity contribution >= 4 is 18.0 Å². The molecule has 0 rings (SSSR count). The Morgan fingerprint density at radius 1 is 0.489 bits per heavy atom. The van der Waals surface area contributed by atoms with E-state index >= 15 is 0 Å².